The van der Waals surface area contributed by atoms with Crippen LogP contribution in [-0.4, -0.2) is 36.5 Å². The number of nitrogens with zero attached hydrogens (tertiary/aromatic N) is 2. The monoisotopic (exact) mass is 288 g/mol. The molecule has 0 radical (unpaired) electrons. The highest BCUT2D eigenvalue weighted by Gasteiger charge is 2.17. The van der Waals surface area contributed by atoms with Crippen molar-refractivity contribution in [2.24, 2.45) is 0 Å². The van der Waals surface area contributed by atoms with Gasteiger partial charge in [0.05, 0.1) is 24.7 Å². The lowest BCUT2D eigenvalue weighted by Gasteiger charge is -2.21. The highest BCUT2D eigenvalue weighted by atomic mass is 16.5. The summed E-state index contributed by atoms with van der Waals surface area (Å²) in [7, 11) is 0. The van der Waals surface area contributed by atoms with E-state index in [-0.39, 0.29) is 24.8 Å². The van der Waals surface area contributed by atoms with E-state index < -0.39 is 0 Å². The van der Waals surface area contributed by atoms with E-state index in [4.69, 9.17) is 10.00 Å². The zero-order valence-corrected chi connectivity index (χ0v) is 12.5. The van der Waals surface area contributed by atoms with E-state index in [2.05, 4.69) is 0 Å². The van der Waals surface area contributed by atoms with Crippen LogP contribution in [-0.2, 0) is 20.7 Å². The molecule has 0 saturated heterocycles. The van der Waals surface area contributed by atoms with Crippen molar-refractivity contribution in [3.05, 3.63) is 35.4 Å². The minimum Gasteiger partial charge on any atom is -0.465 e. The van der Waals surface area contributed by atoms with Gasteiger partial charge in [-0.1, -0.05) is 19.1 Å². The highest BCUT2D eigenvalue weighted by Crippen LogP contribution is 2.07. The van der Waals surface area contributed by atoms with Gasteiger partial charge < -0.3 is 9.64 Å². The fourth-order valence-corrected chi connectivity index (χ4v) is 1.91. The summed E-state index contributed by atoms with van der Waals surface area (Å²) in [5.74, 6) is -0.506. The summed E-state index contributed by atoms with van der Waals surface area (Å²) in [6.07, 6.45) is 0.990. The molecule has 0 aromatic heterocycles. The molecule has 1 amide bonds. The predicted octanol–water partition coefficient (Wildman–Crippen LogP) is 1.90. The summed E-state index contributed by atoms with van der Waals surface area (Å²) in [5, 5.41) is 8.74. The normalized spacial score (nSPS) is 9.76. The van der Waals surface area contributed by atoms with Crippen molar-refractivity contribution in [2.75, 3.05) is 19.7 Å². The second-order valence-corrected chi connectivity index (χ2v) is 4.61. The van der Waals surface area contributed by atoms with Crippen molar-refractivity contribution in [1.29, 1.82) is 5.26 Å². The summed E-state index contributed by atoms with van der Waals surface area (Å²) >= 11 is 0. The third-order valence-corrected chi connectivity index (χ3v) is 2.91. The van der Waals surface area contributed by atoms with Crippen molar-refractivity contribution in [3.63, 3.8) is 0 Å². The fourth-order valence-electron chi connectivity index (χ4n) is 1.91. The Kier molecular flexibility index (Phi) is 6.96. The smallest absolute Gasteiger partial charge is 0.325 e. The van der Waals surface area contributed by atoms with E-state index in [9.17, 15) is 9.59 Å². The van der Waals surface area contributed by atoms with Crippen LogP contribution in [0.1, 0.15) is 31.4 Å². The molecule has 0 atom stereocenters. The van der Waals surface area contributed by atoms with Crippen molar-refractivity contribution >= 4 is 11.9 Å². The standard InChI is InChI=1S/C16H20N2O3/c1-3-9-18(12-16(20)21-4-2)15(19)10-13-5-7-14(11-17)8-6-13/h5-8H,3-4,9-10,12H2,1-2H3. The summed E-state index contributed by atoms with van der Waals surface area (Å²) < 4.78 is 4.88. The third-order valence-electron chi connectivity index (χ3n) is 2.91. The van der Waals surface area contributed by atoms with E-state index in [1.807, 2.05) is 13.0 Å². The number of amides is 1. The number of hydrogen-bond donors (Lipinski definition) is 0. The van der Waals surface area contributed by atoms with E-state index in [0.29, 0.717) is 18.7 Å². The molecule has 5 nitrogen and oxygen atoms in total. The topological polar surface area (TPSA) is 70.4 Å². The maximum absolute atomic E-state index is 12.2. The molecule has 0 heterocycles. The summed E-state index contributed by atoms with van der Waals surface area (Å²) in [6.45, 7) is 4.50. The van der Waals surface area contributed by atoms with Gasteiger partial charge >= 0.3 is 5.97 Å². The second kappa shape index (κ2) is 8.75. The first-order chi connectivity index (χ1) is 10.1. The minimum absolute atomic E-state index is 0.0171. The molecule has 1 aromatic carbocycles. The highest BCUT2D eigenvalue weighted by molar-refractivity contribution is 5.83. The Labute approximate surface area is 125 Å². The van der Waals surface area contributed by atoms with Gasteiger partial charge in [-0.15, -0.1) is 0 Å². The van der Waals surface area contributed by atoms with Crippen LogP contribution in [0.2, 0.25) is 0 Å². The quantitative estimate of drug-likeness (QED) is 0.718. The number of rotatable bonds is 7. The van der Waals surface area contributed by atoms with Crippen LogP contribution in [0.3, 0.4) is 0 Å². The fraction of sp³-hybridized carbons (Fsp3) is 0.438. The number of esters is 1. The number of carbonyl (C=O) groups is 2. The van der Waals surface area contributed by atoms with Crippen LogP contribution in [0, 0.1) is 11.3 Å². The van der Waals surface area contributed by atoms with Gasteiger partial charge in [-0.2, -0.15) is 5.26 Å². The van der Waals surface area contributed by atoms with E-state index in [1.165, 1.54) is 4.90 Å². The Morgan fingerprint density at radius 3 is 2.43 bits per heavy atom. The number of benzene rings is 1. The van der Waals surface area contributed by atoms with Crippen LogP contribution in [0.5, 0.6) is 0 Å². The van der Waals surface area contributed by atoms with Crippen molar-refractivity contribution in [1.82, 2.24) is 4.90 Å². The largest absolute Gasteiger partial charge is 0.465 e. The maximum Gasteiger partial charge on any atom is 0.325 e. The molecule has 0 spiro atoms. The maximum atomic E-state index is 12.2. The predicted molar refractivity (Wildman–Crippen MR) is 78.4 cm³/mol. The van der Waals surface area contributed by atoms with Crippen molar-refractivity contribution in [3.8, 4) is 6.07 Å². The molecule has 0 bridgehead atoms. The molecular formula is C16H20N2O3. The van der Waals surface area contributed by atoms with Crippen molar-refractivity contribution < 1.29 is 14.3 Å². The summed E-state index contributed by atoms with van der Waals surface area (Å²) in [5.41, 5.74) is 1.38. The van der Waals surface area contributed by atoms with Gasteiger partial charge in [0.2, 0.25) is 5.91 Å². The molecular weight excluding hydrogens is 268 g/mol. The van der Waals surface area contributed by atoms with Gasteiger partial charge in [-0.25, -0.2) is 0 Å². The Bertz CT molecular complexity index is 517. The van der Waals surface area contributed by atoms with Crippen LogP contribution in [0.25, 0.3) is 0 Å². The number of nitriles is 1. The molecule has 0 saturated carbocycles. The molecule has 0 fully saturated rings. The molecule has 112 valence electrons. The Balaban J connectivity index is 2.67. The first kappa shape index (κ1) is 16.7. The zero-order chi connectivity index (χ0) is 15.7. The van der Waals surface area contributed by atoms with E-state index in [1.54, 1.807) is 31.2 Å². The van der Waals surface area contributed by atoms with Crippen LogP contribution in [0.4, 0.5) is 0 Å². The summed E-state index contributed by atoms with van der Waals surface area (Å²) in [6, 6.07) is 8.90. The lowest BCUT2D eigenvalue weighted by atomic mass is 10.1. The van der Waals surface area contributed by atoms with Gasteiger partial charge in [0.1, 0.15) is 6.54 Å². The Morgan fingerprint density at radius 2 is 1.90 bits per heavy atom. The summed E-state index contributed by atoms with van der Waals surface area (Å²) in [4.78, 5) is 25.3. The van der Waals surface area contributed by atoms with Gasteiger partial charge in [0.25, 0.3) is 0 Å². The van der Waals surface area contributed by atoms with Gasteiger partial charge in [0.15, 0.2) is 0 Å². The Morgan fingerprint density at radius 1 is 1.24 bits per heavy atom. The number of hydrogen-bond acceptors (Lipinski definition) is 4. The van der Waals surface area contributed by atoms with Crippen LogP contribution >= 0.6 is 0 Å². The SMILES string of the molecule is CCCN(CC(=O)OCC)C(=O)Cc1ccc(C#N)cc1. The number of ether oxygens (including phenoxy) is 1. The molecule has 21 heavy (non-hydrogen) atoms. The van der Waals surface area contributed by atoms with E-state index in [0.717, 1.165) is 12.0 Å². The minimum atomic E-state index is -0.390. The second-order valence-electron chi connectivity index (χ2n) is 4.61. The number of carbonyl (C=O) groups excluding carboxylic acids is 2. The van der Waals surface area contributed by atoms with E-state index >= 15 is 0 Å². The molecule has 0 aliphatic carbocycles. The average molecular weight is 288 g/mol. The molecule has 1 rings (SSSR count). The van der Waals surface area contributed by atoms with Gasteiger partial charge in [-0.3, -0.25) is 9.59 Å². The molecule has 0 aliphatic rings. The van der Waals surface area contributed by atoms with Gasteiger partial charge in [0, 0.05) is 6.54 Å². The van der Waals surface area contributed by atoms with Gasteiger partial charge in [-0.05, 0) is 31.0 Å². The molecule has 0 N–H and O–H groups in total. The molecule has 0 aliphatic heterocycles. The molecule has 1 aromatic rings. The van der Waals surface area contributed by atoms with Crippen molar-refractivity contribution in [2.45, 2.75) is 26.7 Å². The first-order valence-electron chi connectivity index (χ1n) is 7.03. The first-order valence-corrected chi connectivity index (χ1v) is 7.03. The zero-order valence-electron chi connectivity index (χ0n) is 12.5. The Hall–Kier alpha value is -2.35. The lowest BCUT2D eigenvalue weighted by molar-refractivity contribution is -0.148. The third kappa shape index (κ3) is 5.65. The van der Waals surface area contributed by atoms with Crippen LogP contribution < -0.4 is 0 Å². The molecule has 5 heteroatoms. The molecule has 0 unspecified atom stereocenters. The average Bonchev–Trinajstić information content (AvgIpc) is 2.48. The van der Waals surface area contributed by atoms with Crippen LogP contribution in [0.15, 0.2) is 24.3 Å². The lowest BCUT2D eigenvalue weighted by Crippen LogP contribution is -2.38.